The summed E-state index contributed by atoms with van der Waals surface area (Å²) < 4.78 is 3.26. The van der Waals surface area contributed by atoms with E-state index in [1.165, 1.54) is 5.56 Å². The molecule has 5 heteroatoms. The number of benzene rings is 1. The van der Waals surface area contributed by atoms with Crippen LogP contribution in [-0.4, -0.2) is 9.97 Å². The van der Waals surface area contributed by atoms with E-state index in [0.717, 1.165) is 39.9 Å². The Kier molecular flexibility index (Phi) is 5.37. The first-order valence-corrected chi connectivity index (χ1v) is 7.61. The van der Waals surface area contributed by atoms with Crippen LogP contribution < -0.4 is 28.5 Å². The molecule has 3 aromatic rings. The zero-order chi connectivity index (χ0) is 14.1. The maximum absolute atomic E-state index is 4.68. The van der Waals surface area contributed by atoms with Gasteiger partial charge in [0, 0.05) is 6.42 Å². The lowest BCUT2D eigenvalue weighted by Crippen LogP contribution is -3.00. The van der Waals surface area contributed by atoms with E-state index in [1.807, 2.05) is 0 Å². The third-order valence-corrected chi connectivity index (χ3v) is 3.71. The van der Waals surface area contributed by atoms with Crippen molar-refractivity contribution in [3.63, 3.8) is 0 Å². The molecule has 21 heavy (non-hydrogen) atoms. The predicted molar refractivity (Wildman–Crippen MR) is 84.5 cm³/mol. The highest BCUT2D eigenvalue weighted by molar-refractivity contribution is 9.10. The third-order valence-electron chi connectivity index (χ3n) is 3.28. The summed E-state index contributed by atoms with van der Waals surface area (Å²) in [7, 11) is 0. The van der Waals surface area contributed by atoms with Crippen molar-refractivity contribution in [2.75, 3.05) is 0 Å². The van der Waals surface area contributed by atoms with Crippen molar-refractivity contribution in [2.24, 2.45) is 0 Å². The highest BCUT2D eigenvalue weighted by atomic mass is 127. The molecule has 0 radical (unpaired) electrons. The van der Waals surface area contributed by atoms with Crippen molar-refractivity contribution in [3.8, 4) is 11.4 Å². The molecular weight excluding hydrogens is 441 g/mol. The standard InChI is InChI=1S/C16H17BrN3.HI/c1-3-6-20-9-12(8-13(17)10-20)16-18-14-5-4-11(2)7-15(14)19-16;/h4-5,7-10H,3,6H2,1-2H3,(H,18,19);1H/q+1;/p-1. The first-order chi connectivity index (χ1) is 9.65. The van der Waals surface area contributed by atoms with Crippen LogP contribution in [0.5, 0.6) is 0 Å². The second-order valence-electron chi connectivity index (χ2n) is 5.09. The lowest BCUT2D eigenvalue weighted by atomic mass is 10.2. The van der Waals surface area contributed by atoms with Crippen LogP contribution in [0.3, 0.4) is 0 Å². The Morgan fingerprint density at radius 1 is 1.24 bits per heavy atom. The first kappa shape index (κ1) is 16.4. The van der Waals surface area contributed by atoms with Crippen molar-refractivity contribution in [2.45, 2.75) is 26.8 Å². The minimum absolute atomic E-state index is 0. The molecule has 0 bridgehead atoms. The zero-order valence-electron chi connectivity index (χ0n) is 12.0. The van der Waals surface area contributed by atoms with Crippen LogP contribution in [0.1, 0.15) is 18.9 Å². The molecule has 1 aromatic carbocycles. The monoisotopic (exact) mass is 457 g/mol. The van der Waals surface area contributed by atoms with E-state index in [0.29, 0.717) is 0 Å². The molecule has 1 N–H and O–H groups in total. The largest absolute Gasteiger partial charge is 1.00 e. The van der Waals surface area contributed by atoms with Gasteiger partial charge in [-0.15, -0.1) is 0 Å². The number of halogens is 2. The average Bonchev–Trinajstić information content (AvgIpc) is 2.81. The van der Waals surface area contributed by atoms with Crippen molar-refractivity contribution in [3.05, 3.63) is 46.7 Å². The van der Waals surface area contributed by atoms with Crippen LogP contribution in [0, 0.1) is 6.92 Å². The Bertz CT molecular complexity index is 767. The molecule has 0 unspecified atom stereocenters. The smallest absolute Gasteiger partial charge is 0.183 e. The zero-order valence-corrected chi connectivity index (χ0v) is 15.8. The number of aromatic amines is 1. The fraction of sp³-hybridized carbons (Fsp3) is 0.250. The van der Waals surface area contributed by atoms with Gasteiger partial charge in [-0.05, 0) is 46.6 Å². The van der Waals surface area contributed by atoms with Crippen molar-refractivity contribution < 1.29 is 28.5 Å². The molecule has 2 aromatic heterocycles. The summed E-state index contributed by atoms with van der Waals surface area (Å²) in [5.74, 6) is 0.914. The summed E-state index contributed by atoms with van der Waals surface area (Å²) >= 11 is 3.57. The summed E-state index contributed by atoms with van der Waals surface area (Å²) in [5.41, 5.74) is 4.43. The molecule has 0 atom stereocenters. The van der Waals surface area contributed by atoms with E-state index in [1.54, 1.807) is 0 Å². The van der Waals surface area contributed by atoms with Crippen LogP contribution in [0.15, 0.2) is 41.1 Å². The first-order valence-electron chi connectivity index (χ1n) is 6.82. The number of rotatable bonds is 3. The highest BCUT2D eigenvalue weighted by Crippen LogP contribution is 2.22. The fourth-order valence-corrected chi connectivity index (χ4v) is 2.88. The van der Waals surface area contributed by atoms with Gasteiger partial charge in [-0.25, -0.2) is 9.55 Å². The van der Waals surface area contributed by atoms with Crippen LogP contribution in [0.25, 0.3) is 22.4 Å². The van der Waals surface area contributed by atoms with E-state index < -0.39 is 0 Å². The summed E-state index contributed by atoms with van der Waals surface area (Å²) in [6, 6.07) is 8.37. The molecular formula is C16H17BrIN3. The number of nitrogens with one attached hydrogen (secondary N) is 1. The number of pyridine rings is 1. The molecule has 0 amide bonds. The molecule has 0 saturated carbocycles. The second kappa shape index (κ2) is 6.87. The van der Waals surface area contributed by atoms with Crippen LogP contribution in [0.4, 0.5) is 0 Å². The number of imidazole rings is 1. The molecule has 0 aliphatic heterocycles. The number of aryl methyl sites for hydroxylation is 2. The maximum Gasteiger partial charge on any atom is 0.183 e. The SMILES string of the molecule is CCC[n+]1cc(Br)cc(-c2nc3ccc(C)cc3[nH]2)c1.[I-]. The number of fused-ring (bicyclic) bond motifs is 1. The number of hydrogen-bond acceptors (Lipinski definition) is 1. The van der Waals surface area contributed by atoms with E-state index in [2.05, 4.69) is 81.0 Å². The fourth-order valence-electron chi connectivity index (χ4n) is 2.37. The molecule has 0 aliphatic carbocycles. The van der Waals surface area contributed by atoms with E-state index in [4.69, 9.17) is 0 Å². The van der Waals surface area contributed by atoms with Gasteiger partial charge in [0.2, 0.25) is 0 Å². The quantitative estimate of drug-likeness (QED) is 0.462. The third kappa shape index (κ3) is 3.63. The van der Waals surface area contributed by atoms with Crippen molar-refractivity contribution >= 4 is 27.0 Å². The van der Waals surface area contributed by atoms with E-state index >= 15 is 0 Å². The predicted octanol–water partition coefficient (Wildman–Crippen LogP) is 1.00. The van der Waals surface area contributed by atoms with Crippen molar-refractivity contribution in [1.82, 2.24) is 9.97 Å². The van der Waals surface area contributed by atoms with Gasteiger partial charge in [0.05, 0.1) is 21.1 Å². The van der Waals surface area contributed by atoms with Gasteiger partial charge < -0.3 is 29.0 Å². The summed E-state index contributed by atoms with van der Waals surface area (Å²) in [6.07, 6.45) is 5.35. The average molecular weight is 458 g/mol. The Hall–Kier alpha value is -0.950. The molecule has 0 fully saturated rings. The minimum atomic E-state index is 0. The normalized spacial score (nSPS) is 10.6. The van der Waals surface area contributed by atoms with E-state index in [-0.39, 0.29) is 24.0 Å². The lowest BCUT2D eigenvalue weighted by Gasteiger charge is -1.99. The molecule has 110 valence electrons. The number of H-pyrrole nitrogens is 1. The van der Waals surface area contributed by atoms with Crippen LogP contribution in [-0.2, 0) is 6.54 Å². The van der Waals surface area contributed by atoms with Gasteiger partial charge in [-0.2, -0.15) is 0 Å². The van der Waals surface area contributed by atoms with Crippen molar-refractivity contribution in [1.29, 1.82) is 0 Å². The van der Waals surface area contributed by atoms with Gasteiger partial charge in [0.15, 0.2) is 12.4 Å². The summed E-state index contributed by atoms with van der Waals surface area (Å²) in [4.78, 5) is 8.08. The Morgan fingerprint density at radius 2 is 2.05 bits per heavy atom. The molecule has 3 nitrogen and oxygen atoms in total. The Labute approximate surface area is 149 Å². The highest BCUT2D eigenvalue weighted by Gasteiger charge is 2.11. The van der Waals surface area contributed by atoms with Gasteiger partial charge in [0.25, 0.3) is 0 Å². The Balaban J connectivity index is 0.00000161. The number of aromatic nitrogens is 3. The minimum Gasteiger partial charge on any atom is -1.00 e. The Morgan fingerprint density at radius 3 is 2.81 bits per heavy atom. The molecule has 3 rings (SSSR count). The number of hydrogen-bond donors (Lipinski definition) is 1. The van der Waals surface area contributed by atoms with Crippen LogP contribution in [0.2, 0.25) is 0 Å². The van der Waals surface area contributed by atoms with Gasteiger partial charge in [0.1, 0.15) is 12.4 Å². The maximum atomic E-state index is 4.68. The van der Waals surface area contributed by atoms with E-state index in [9.17, 15) is 0 Å². The topological polar surface area (TPSA) is 32.6 Å². The summed E-state index contributed by atoms with van der Waals surface area (Å²) in [6.45, 7) is 5.28. The molecule has 2 heterocycles. The molecule has 0 saturated heterocycles. The number of nitrogens with zero attached hydrogens (tertiary/aromatic N) is 2. The van der Waals surface area contributed by atoms with Gasteiger partial charge in [-0.3, -0.25) is 0 Å². The molecule has 0 aliphatic rings. The summed E-state index contributed by atoms with van der Waals surface area (Å²) in [5, 5.41) is 0. The molecule has 0 spiro atoms. The second-order valence-corrected chi connectivity index (χ2v) is 6.00. The van der Waals surface area contributed by atoms with Crippen LogP contribution >= 0.6 is 15.9 Å². The van der Waals surface area contributed by atoms with Gasteiger partial charge >= 0.3 is 0 Å². The van der Waals surface area contributed by atoms with Gasteiger partial charge in [-0.1, -0.05) is 13.0 Å². The lowest BCUT2D eigenvalue weighted by molar-refractivity contribution is -0.697.